The molecule has 160 valence electrons. The first-order chi connectivity index (χ1) is 14.1. The highest BCUT2D eigenvalue weighted by Gasteiger charge is 2.24. The lowest BCUT2D eigenvalue weighted by atomic mass is 10.3. The summed E-state index contributed by atoms with van der Waals surface area (Å²) < 4.78 is 48.5. The van der Waals surface area contributed by atoms with Crippen molar-refractivity contribution in [1.82, 2.24) is 19.5 Å². The second kappa shape index (κ2) is 9.07. The number of sulfonamides is 1. The van der Waals surface area contributed by atoms with Crippen molar-refractivity contribution in [3.8, 4) is 11.8 Å². The van der Waals surface area contributed by atoms with E-state index in [1.165, 1.54) is 36.4 Å². The van der Waals surface area contributed by atoms with Crippen molar-refractivity contribution in [3.63, 3.8) is 0 Å². The summed E-state index contributed by atoms with van der Waals surface area (Å²) in [6, 6.07) is 7.24. The first-order valence-electron chi connectivity index (χ1n) is 8.65. The number of ether oxygens (including phenoxy) is 1. The number of rotatable bonds is 7. The number of benzene rings is 2. The Kier molecular flexibility index (Phi) is 6.88. The number of hydrogen-bond acceptors (Lipinski definition) is 5. The molecule has 1 aromatic heterocycles. The van der Waals surface area contributed by atoms with Gasteiger partial charge in [0.05, 0.1) is 26.0 Å². The van der Waals surface area contributed by atoms with E-state index in [-0.39, 0.29) is 31.7 Å². The summed E-state index contributed by atoms with van der Waals surface area (Å²) in [4.78, 5) is -0.0382. The molecule has 0 bridgehead atoms. The van der Waals surface area contributed by atoms with E-state index in [0.717, 1.165) is 0 Å². The number of hydrogen-bond donors (Lipinski definition) is 1. The van der Waals surface area contributed by atoms with Gasteiger partial charge < -0.3 is 4.74 Å². The minimum atomic E-state index is -3.91. The smallest absolute Gasteiger partial charge is 0.322 e. The fourth-order valence-electron chi connectivity index (χ4n) is 2.64. The van der Waals surface area contributed by atoms with Crippen LogP contribution in [0.3, 0.4) is 0 Å². The number of nitrogens with one attached hydrogen (secondary N) is 1. The van der Waals surface area contributed by atoms with Crippen LogP contribution in [0.2, 0.25) is 15.1 Å². The summed E-state index contributed by atoms with van der Waals surface area (Å²) in [7, 11) is -3.91. The third-order valence-corrected chi connectivity index (χ3v) is 6.65. The molecule has 0 amide bonds. The summed E-state index contributed by atoms with van der Waals surface area (Å²) >= 11 is 17.5. The number of nitrogens with zero attached hydrogens (tertiary/aromatic N) is 3. The third-order valence-electron chi connectivity index (χ3n) is 4.08. The molecule has 30 heavy (non-hydrogen) atoms. The van der Waals surface area contributed by atoms with Gasteiger partial charge in [0.2, 0.25) is 10.0 Å². The Hall–Kier alpha value is -1.91. The lowest BCUT2D eigenvalue weighted by molar-refractivity contribution is 0.407. The highest BCUT2D eigenvalue weighted by molar-refractivity contribution is 7.89. The minimum Gasteiger partial charge on any atom is -0.424 e. The van der Waals surface area contributed by atoms with Gasteiger partial charge in [-0.2, -0.15) is 0 Å². The Labute approximate surface area is 187 Å². The van der Waals surface area contributed by atoms with Crippen LogP contribution in [-0.2, 0) is 16.6 Å². The van der Waals surface area contributed by atoms with Gasteiger partial charge in [-0.1, -0.05) is 39.9 Å². The highest BCUT2D eigenvalue weighted by atomic mass is 35.5. The van der Waals surface area contributed by atoms with Gasteiger partial charge in [-0.3, -0.25) is 4.57 Å². The summed E-state index contributed by atoms with van der Waals surface area (Å²) in [5, 5.41) is 8.27. The Balaban J connectivity index is 1.84. The summed E-state index contributed by atoms with van der Waals surface area (Å²) in [5.41, 5.74) is 0. The highest BCUT2D eigenvalue weighted by Crippen LogP contribution is 2.28. The predicted octanol–water partition coefficient (Wildman–Crippen LogP) is 5.23. The van der Waals surface area contributed by atoms with E-state index in [2.05, 4.69) is 14.9 Å². The van der Waals surface area contributed by atoms with Crippen molar-refractivity contribution in [2.24, 2.45) is 0 Å². The zero-order valence-corrected chi connectivity index (χ0v) is 18.8. The van der Waals surface area contributed by atoms with Gasteiger partial charge >= 0.3 is 6.01 Å². The molecule has 1 heterocycles. The molecule has 7 nitrogen and oxygen atoms in total. The molecule has 2 aromatic carbocycles. The lowest BCUT2D eigenvalue weighted by Gasteiger charge is -2.15. The summed E-state index contributed by atoms with van der Waals surface area (Å²) in [5.74, 6) is 0.00966. The molecule has 0 aliphatic carbocycles. The van der Waals surface area contributed by atoms with E-state index in [0.29, 0.717) is 12.4 Å². The van der Waals surface area contributed by atoms with Gasteiger partial charge in [0, 0.05) is 12.6 Å². The van der Waals surface area contributed by atoms with E-state index in [1.54, 1.807) is 11.5 Å². The molecular weight excluding hydrogens is 478 g/mol. The quantitative estimate of drug-likeness (QED) is 0.487. The van der Waals surface area contributed by atoms with E-state index >= 15 is 0 Å². The molecule has 0 fully saturated rings. The molecular formula is C18H16Cl3FN4O3S. The van der Waals surface area contributed by atoms with E-state index in [4.69, 9.17) is 39.5 Å². The Morgan fingerprint density at radius 1 is 1.10 bits per heavy atom. The van der Waals surface area contributed by atoms with Crippen molar-refractivity contribution < 1.29 is 17.5 Å². The maximum atomic E-state index is 13.3. The van der Waals surface area contributed by atoms with Crippen LogP contribution in [0.1, 0.15) is 25.7 Å². The Morgan fingerprint density at radius 3 is 2.47 bits per heavy atom. The zero-order chi connectivity index (χ0) is 22.1. The van der Waals surface area contributed by atoms with Crippen LogP contribution in [0.25, 0.3) is 0 Å². The first kappa shape index (κ1) is 22.8. The summed E-state index contributed by atoms with van der Waals surface area (Å²) in [6.07, 6.45) is 0. The first-order valence-corrected chi connectivity index (χ1v) is 11.3. The normalized spacial score (nSPS) is 12.7. The van der Waals surface area contributed by atoms with Crippen molar-refractivity contribution in [3.05, 3.63) is 63.1 Å². The third kappa shape index (κ3) is 4.87. The van der Waals surface area contributed by atoms with Crippen LogP contribution in [0.15, 0.2) is 41.3 Å². The number of halogens is 4. The second-order valence-corrected chi connectivity index (χ2v) is 9.12. The predicted molar refractivity (Wildman–Crippen MR) is 112 cm³/mol. The van der Waals surface area contributed by atoms with Crippen LogP contribution < -0.4 is 9.46 Å². The van der Waals surface area contributed by atoms with Gasteiger partial charge in [-0.15, -0.1) is 5.10 Å². The molecule has 3 rings (SSSR count). The average molecular weight is 494 g/mol. The Bertz CT molecular complexity index is 1190. The molecule has 0 unspecified atom stereocenters. The fraction of sp³-hybridized carbons (Fsp3) is 0.222. The lowest BCUT2D eigenvalue weighted by Crippen LogP contribution is -2.29. The van der Waals surface area contributed by atoms with Crippen molar-refractivity contribution in [1.29, 1.82) is 0 Å². The van der Waals surface area contributed by atoms with Crippen LogP contribution in [0.5, 0.6) is 11.8 Å². The van der Waals surface area contributed by atoms with Crippen LogP contribution in [-0.4, -0.2) is 23.2 Å². The van der Waals surface area contributed by atoms with Gasteiger partial charge in [-0.05, 0) is 44.2 Å². The molecule has 0 radical (unpaired) electrons. The molecule has 1 atom stereocenters. The largest absolute Gasteiger partial charge is 0.424 e. The molecule has 0 spiro atoms. The van der Waals surface area contributed by atoms with Crippen LogP contribution in [0, 0.1) is 5.82 Å². The van der Waals surface area contributed by atoms with E-state index in [1.807, 2.05) is 6.92 Å². The topological polar surface area (TPSA) is 86.1 Å². The van der Waals surface area contributed by atoms with Crippen LogP contribution in [0.4, 0.5) is 4.39 Å². The maximum absolute atomic E-state index is 13.3. The van der Waals surface area contributed by atoms with Crippen molar-refractivity contribution in [2.45, 2.75) is 31.3 Å². The molecule has 1 N–H and O–H groups in total. The van der Waals surface area contributed by atoms with Crippen molar-refractivity contribution in [2.75, 3.05) is 0 Å². The Morgan fingerprint density at radius 2 is 1.83 bits per heavy atom. The second-order valence-electron chi connectivity index (χ2n) is 6.18. The van der Waals surface area contributed by atoms with Gasteiger partial charge in [-0.25, -0.2) is 17.5 Å². The summed E-state index contributed by atoms with van der Waals surface area (Å²) in [6.45, 7) is 3.83. The van der Waals surface area contributed by atoms with E-state index in [9.17, 15) is 12.8 Å². The maximum Gasteiger partial charge on any atom is 0.322 e. The van der Waals surface area contributed by atoms with E-state index < -0.39 is 21.9 Å². The molecule has 0 aliphatic rings. The number of aromatic nitrogens is 3. The van der Waals surface area contributed by atoms with Gasteiger partial charge in [0.15, 0.2) is 5.82 Å². The monoisotopic (exact) mass is 492 g/mol. The molecule has 12 heteroatoms. The minimum absolute atomic E-state index is 0.0382. The average Bonchev–Trinajstić information content (AvgIpc) is 3.09. The SMILES string of the molecule is CCn1c(Oc2ccc(F)c(Cl)c2)nnc1[C@@H](C)NS(=O)(=O)c1ccc(Cl)c(Cl)c1. The molecule has 0 saturated carbocycles. The molecule has 0 aliphatic heterocycles. The van der Waals surface area contributed by atoms with Crippen LogP contribution >= 0.6 is 34.8 Å². The van der Waals surface area contributed by atoms with Gasteiger partial charge in [0.25, 0.3) is 0 Å². The van der Waals surface area contributed by atoms with Gasteiger partial charge in [0.1, 0.15) is 11.6 Å². The molecule has 0 saturated heterocycles. The van der Waals surface area contributed by atoms with Crippen molar-refractivity contribution >= 4 is 44.8 Å². The molecule has 3 aromatic rings. The standard InChI is InChI=1S/C18H16Cl3FN4O3S/c1-3-26-17(23-24-18(26)29-11-4-7-16(22)15(21)8-11)10(2)25-30(27,28)12-5-6-13(19)14(20)9-12/h4-10,25H,3H2,1-2H3/t10-/m1/s1. The zero-order valence-electron chi connectivity index (χ0n) is 15.7. The fourth-order valence-corrected chi connectivity index (χ4v) is 4.40.